The number of hydrogen-bond donors (Lipinski definition) is 0. The van der Waals surface area contributed by atoms with Gasteiger partial charge in [-0.05, 0) is 70.2 Å². The normalized spacial score (nSPS) is 15.9. The molecule has 2 aliphatic rings. The Morgan fingerprint density at radius 2 is 0.951 bits per heavy atom. The number of carbonyl (C=O) groups excluding carboxylic acids is 2. The summed E-state index contributed by atoms with van der Waals surface area (Å²) in [6.07, 6.45) is 4.95. The van der Waals surface area contributed by atoms with Gasteiger partial charge in [-0.1, -0.05) is 122 Å². The van der Waals surface area contributed by atoms with Crippen molar-refractivity contribution in [2.24, 2.45) is 0 Å². The SMILES string of the molecule is C[Si](C)(/C=C(\c1ccccc1)c1cccc2c1C(=O)CCC2)/C=C(\c1ccccc1)c1cccc2c1C(=O)CCC2. The maximum absolute atomic E-state index is 13.3. The Labute approximate surface area is 244 Å². The van der Waals surface area contributed by atoms with Crippen LogP contribution >= 0.6 is 0 Å². The topological polar surface area (TPSA) is 34.1 Å². The molecule has 41 heavy (non-hydrogen) atoms. The van der Waals surface area contributed by atoms with Crippen LogP contribution in [-0.2, 0) is 12.8 Å². The van der Waals surface area contributed by atoms with Gasteiger partial charge in [0.2, 0.25) is 0 Å². The zero-order chi connectivity index (χ0) is 28.4. The first-order valence-corrected chi connectivity index (χ1v) is 17.9. The molecule has 0 heterocycles. The lowest BCUT2D eigenvalue weighted by Gasteiger charge is -2.25. The summed E-state index contributed by atoms with van der Waals surface area (Å²) >= 11 is 0. The van der Waals surface area contributed by atoms with E-state index in [1.54, 1.807) is 0 Å². The lowest BCUT2D eigenvalue weighted by Crippen LogP contribution is -2.23. The van der Waals surface area contributed by atoms with E-state index >= 15 is 0 Å². The van der Waals surface area contributed by atoms with Crippen LogP contribution in [0.1, 0.15) is 79.8 Å². The van der Waals surface area contributed by atoms with Crippen LogP contribution in [0.15, 0.2) is 108 Å². The molecule has 0 aromatic heterocycles. The van der Waals surface area contributed by atoms with Crippen LogP contribution in [-0.4, -0.2) is 19.6 Å². The summed E-state index contributed by atoms with van der Waals surface area (Å²) in [6, 6.07) is 33.6. The average Bonchev–Trinajstić information content (AvgIpc) is 2.99. The zero-order valence-electron chi connectivity index (χ0n) is 24.0. The van der Waals surface area contributed by atoms with Crippen molar-refractivity contribution in [1.82, 2.24) is 0 Å². The van der Waals surface area contributed by atoms with Gasteiger partial charge in [-0.15, -0.1) is 0 Å². The fourth-order valence-corrected chi connectivity index (χ4v) is 8.72. The molecule has 0 bridgehead atoms. The first-order valence-electron chi connectivity index (χ1n) is 14.8. The maximum atomic E-state index is 13.3. The minimum atomic E-state index is -2.24. The minimum Gasteiger partial charge on any atom is -0.294 e. The molecule has 6 rings (SSSR count). The quantitative estimate of drug-likeness (QED) is 0.224. The van der Waals surface area contributed by atoms with Crippen LogP contribution in [0.25, 0.3) is 11.1 Å². The Morgan fingerprint density at radius 3 is 1.37 bits per heavy atom. The van der Waals surface area contributed by atoms with Crippen molar-refractivity contribution in [2.75, 3.05) is 0 Å². The summed E-state index contributed by atoms with van der Waals surface area (Å²) in [7, 11) is -2.24. The standard InChI is InChI=1S/C38H36O2Si/c1-41(2,25-33(27-13-5-3-6-14-27)31-21-9-17-29-19-11-23-35(39)37(29)31)26-34(28-15-7-4-8-16-28)32-22-10-18-30-20-12-24-36(40)38(30)32/h3-10,13-18,21-22,25-26H,11-12,19-20,23-24H2,1-2H3/b33-25+,34-26+. The highest BCUT2D eigenvalue weighted by atomic mass is 28.3. The third-order valence-electron chi connectivity index (χ3n) is 8.34. The molecule has 4 aromatic rings. The fraction of sp³-hybridized carbons (Fsp3) is 0.211. The number of aryl methyl sites for hydroxylation is 2. The van der Waals surface area contributed by atoms with E-state index < -0.39 is 8.07 Å². The van der Waals surface area contributed by atoms with Crippen molar-refractivity contribution in [1.29, 1.82) is 0 Å². The van der Waals surface area contributed by atoms with Crippen LogP contribution < -0.4 is 0 Å². The van der Waals surface area contributed by atoms with E-state index in [2.05, 4.69) is 109 Å². The molecule has 4 aromatic carbocycles. The van der Waals surface area contributed by atoms with Crippen molar-refractivity contribution in [3.8, 4) is 0 Å². The third kappa shape index (κ3) is 5.60. The number of ketones is 2. The zero-order valence-corrected chi connectivity index (χ0v) is 25.0. The van der Waals surface area contributed by atoms with E-state index in [-0.39, 0.29) is 11.6 Å². The van der Waals surface area contributed by atoms with Gasteiger partial charge in [-0.2, -0.15) is 0 Å². The summed E-state index contributed by atoms with van der Waals surface area (Å²) in [5, 5.41) is 0. The van der Waals surface area contributed by atoms with E-state index in [1.165, 1.54) is 0 Å². The van der Waals surface area contributed by atoms with Gasteiger partial charge in [0.1, 0.15) is 0 Å². The van der Waals surface area contributed by atoms with E-state index in [4.69, 9.17) is 0 Å². The van der Waals surface area contributed by atoms with Crippen LogP contribution in [0, 0.1) is 0 Å². The Morgan fingerprint density at radius 1 is 0.537 bits per heavy atom. The molecule has 0 fully saturated rings. The van der Waals surface area contributed by atoms with Gasteiger partial charge in [0, 0.05) is 24.0 Å². The molecule has 0 atom stereocenters. The predicted octanol–water partition coefficient (Wildman–Crippen LogP) is 9.08. The molecule has 0 radical (unpaired) electrons. The third-order valence-corrected chi connectivity index (χ3v) is 10.4. The number of rotatable bonds is 6. The lowest BCUT2D eigenvalue weighted by molar-refractivity contribution is 0.0964. The molecule has 2 nitrogen and oxygen atoms in total. The summed E-state index contributed by atoms with van der Waals surface area (Å²) in [5.74, 6) is 0.496. The minimum absolute atomic E-state index is 0.248. The highest BCUT2D eigenvalue weighted by Gasteiger charge is 2.27. The molecule has 0 unspecified atom stereocenters. The number of carbonyl (C=O) groups is 2. The highest BCUT2D eigenvalue weighted by Crippen LogP contribution is 2.37. The van der Waals surface area contributed by atoms with Crippen molar-refractivity contribution in [3.63, 3.8) is 0 Å². The second-order valence-electron chi connectivity index (χ2n) is 11.9. The molecule has 0 N–H and O–H groups in total. The van der Waals surface area contributed by atoms with E-state index in [0.717, 1.165) is 81.3 Å². The molecule has 2 aliphatic carbocycles. The smallest absolute Gasteiger partial charge is 0.163 e. The highest BCUT2D eigenvalue weighted by molar-refractivity contribution is 6.88. The molecular weight excluding hydrogens is 517 g/mol. The summed E-state index contributed by atoms with van der Waals surface area (Å²) in [6.45, 7) is 4.71. The van der Waals surface area contributed by atoms with Gasteiger partial charge in [-0.25, -0.2) is 0 Å². The van der Waals surface area contributed by atoms with Gasteiger partial charge in [0.25, 0.3) is 0 Å². The first-order chi connectivity index (χ1) is 19.9. The number of fused-ring (bicyclic) bond motifs is 2. The van der Waals surface area contributed by atoms with Crippen molar-refractivity contribution >= 4 is 30.8 Å². The predicted molar refractivity (Wildman–Crippen MR) is 172 cm³/mol. The second-order valence-corrected chi connectivity index (χ2v) is 16.1. The molecule has 0 saturated heterocycles. The van der Waals surface area contributed by atoms with Gasteiger partial charge >= 0.3 is 0 Å². The average molecular weight is 553 g/mol. The molecule has 0 amide bonds. The Hall–Kier alpha value is -4.08. The lowest BCUT2D eigenvalue weighted by atomic mass is 9.84. The van der Waals surface area contributed by atoms with Crippen LogP contribution in [0.5, 0.6) is 0 Å². The van der Waals surface area contributed by atoms with Crippen LogP contribution in [0.2, 0.25) is 13.1 Å². The number of Topliss-reactive ketones (excluding diaryl/α,β-unsaturated/α-hetero) is 2. The van der Waals surface area contributed by atoms with Gasteiger partial charge < -0.3 is 0 Å². The fourth-order valence-electron chi connectivity index (χ4n) is 6.51. The van der Waals surface area contributed by atoms with Gasteiger partial charge in [-0.3, -0.25) is 9.59 Å². The molecule has 0 saturated carbocycles. The van der Waals surface area contributed by atoms with Crippen LogP contribution in [0.4, 0.5) is 0 Å². The number of benzene rings is 4. The van der Waals surface area contributed by atoms with Crippen molar-refractivity contribution < 1.29 is 9.59 Å². The van der Waals surface area contributed by atoms with Crippen LogP contribution in [0.3, 0.4) is 0 Å². The summed E-state index contributed by atoms with van der Waals surface area (Å²) in [4.78, 5) is 26.5. The number of hydrogen-bond acceptors (Lipinski definition) is 2. The Balaban J connectivity index is 1.56. The Kier molecular flexibility index (Phi) is 7.55. The first kappa shape index (κ1) is 27.1. The molecule has 3 heteroatoms. The second kappa shape index (κ2) is 11.4. The van der Waals surface area contributed by atoms with E-state index in [9.17, 15) is 9.59 Å². The van der Waals surface area contributed by atoms with Gasteiger partial charge in [0.05, 0.1) is 8.07 Å². The Bertz CT molecular complexity index is 1550. The van der Waals surface area contributed by atoms with Gasteiger partial charge in [0.15, 0.2) is 11.6 Å². The van der Waals surface area contributed by atoms with E-state index in [0.29, 0.717) is 12.8 Å². The monoisotopic (exact) mass is 552 g/mol. The molecule has 0 spiro atoms. The van der Waals surface area contributed by atoms with E-state index in [1.807, 2.05) is 12.1 Å². The van der Waals surface area contributed by atoms with Crippen molar-refractivity contribution in [3.05, 3.63) is 153 Å². The molecular formula is C38H36O2Si. The molecule has 204 valence electrons. The largest absolute Gasteiger partial charge is 0.294 e. The molecule has 0 aliphatic heterocycles. The summed E-state index contributed by atoms with van der Waals surface area (Å²) in [5.41, 5.74) is 15.6. The van der Waals surface area contributed by atoms with Crippen molar-refractivity contribution in [2.45, 2.75) is 51.6 Å². The summed E-state index contributed by atoms with van der Waals surface area (Å²) < 4.78 is 0. The maximum Gasteiger partial charge on any atom is 0.163 e.